The molecule has 1 aromatic carbocycles. The van der Waals surface area contributed by atoms with Crippen LogP contribution >= 0.6 is 0 Å². The van der Waals surface area contributed by atoms with E-state index in [1.165, 1.54) is 31.4 Å². The first-order valence-corrected chi connectivity index (χ1v) is 6.98. The quantitative estimate of drug-likeness (QED) is 0.385. The average Bonchev–Trinajstić information content (AvgIpc) is 2.68. The molecule has 19 heavy (non-hydrogen) atoms. The van der Waals surface area contributed by atoms with Gasteiger partial charge in [-0.15, -0.1) is 0 Å². The first kappa shape index (κ1) is 13.7. The molecular formula is C15H23N3O. The molecule has 2 rings (SSSR count). The van der Waals surface area contributed by atoms with E-state index in [-0.39, 0.29) is 0 Å². The Morgan fingerprint density at radius 2 is 1.74 bits per heavy atom. The van der Waals surface area contributed by atoms with Gasteiger partial charge in [0, 0.05) is 38.4 Å². The Kier molecular flexibility index (Phi) is 4.66. The van der Waals surface area contributed by atoms with E-state index >= 15 is 0 Å². The molecule has 1 heterocycles. The smallest absolute Gasteiger partial charge is 0.176 e. The van der Waals surface area contributed by atoms with Crippen LogP contribution in [0.25, 0.3) is 0 Å². The van der Waals surface area contributed by atoms with Gasteiger partial charge in [0.15, 0.2) is 5.84 Å². The molecule has 104 valence electrons. The van der Waals surface area contributed by atoms with E-state index in [2.05, 4.69) is 16.1 Å². The van der Waals surface area contributed by atoms with E-state index in [0.717, 1.165) is 18.7 Å². The molecule has 0 unspecified atom stereocenters. The summed E-state index contributed by atoms with van der Waals surface area (Å²) in [4.78, 5) is 4.26. The summed E-state index contributed by atoms with van der Waals surface area (Å²) in [7, 11) is 3.79. The van der Waals surface area contributed by atoms with Crippen molar-refractivity contribution in [2.24, 2.45) is 5.16 Å². The van der Waals surface area contributed by atoms with Crippen LogP contribution in [0.2, 0.25) is 0 Å². The number of nitrogens with zero attached hydrogens (tertiary/aromatic N) is 3. The third-order valence-electron chi connectivity index (χ3n) is 3.61. The molecule has 1 saturated heterocycles. The van der Waals surface area contributed by atoms with Crippen LogP contribution in [0.15, 0.2) is 29.4 Å². The van der Waals surface area contributed by atoms with Crippen molar-refractivity contribution in [2.45, 2.75) is 25.7 Å². The predicted molar refractivity (Wildman–Crippen MR) is 79.1 cm³/mol. The molecule has 1 fully saturated rings. The molecule has 1 aliphatic heterocycles. The highest BCUT2D eigenvalue weighted by atomic mass is 16.4. The van der Waals surface area contributed by atoms with Crippen LogP contribution in [0.5, 0.6) is 0 Å². The Morgan fingerprint density at radius 3 is 2.32 bits per heavy atom. The van der Waals surface area contributed by atoms with E-state index in [4.69, 9.17) is 0 Å². The zero-order valence-corrected chi connectivity index (χ0v) is 11.8. The Morgan fingerprint density at radius 1 is 1.11 bits per heavy atom. The van der Waals surface area contributed by atoms with Gasteiger partial charge in [0.2, 0.25) is 0 Å². The minimum atomic E-state index is 0.611. The number of benzene rings is 1. The highest BCUT2D eigenvalue weighted by Crippen LogP contribution is 2.24. The molecule has 0 spiro atoms. The van der Waals surface area contributed by atoms with E-state index in [1.807, 2.05) is 37.2 Å². The standard InChI is InChI=1S/C15H23N3O/c1-17(2)15(16-19)13-9-5-6-10-14(13)18-11-7-3-4-8-12-18/h5-6,9-10,19H,3-4,7-8,11-12H2,1-2H3/b16-15-. The first-order valence-electron chi connectivity index (χ1n) is 6.98. The van der Waals surface area contributed by atoms with E-state index in [0.29, 0.717) is 5.84 Å². The molecule has 0 amide bonds. The van der Waals surface area contributed by atoms with Gasteiger partial charge in [-0.2, -0.15) is 0 Å². The summed E-state index contributed by atoms with van der Waals surface area (Å²) in [6, 6.07) is 8.18. The fourth-order valence-corrected chi connectivity index (χ4v) is 2.63. The molecule has 0 aliphatic carbocycles. The second kappa shape index (κ2) is 6.45. The number of para-hydroxylation sites is 1. The van der Waals surface area contributed by atoms with Gasteiger partial charge in [0.1, 0.15) is 0 Å². The van der Waals surface area contributed by atoms with Crippen molar-refractivity contribution < 1.29 is 5.21 Å². The normalized spacial score (nSPS) is 17.2. The highest BCUT2D eigenvalue weighted by molar-refractivity contribution is 6.03. The average molecular weight is 261 g/mol. The van der Waals surface area contributed by atoms with Crippen molar-refractivity contribution in [2.75, 3.05) is 32.1 Å². The minimum absolute atomic E-state index is 0.611. The molecule has 0 saturated carbocycles. The zero-order valence-electron chi connectivity index (χ0n) is 11.8. The van der Waals surface area contributed by atoms with Crippen LogP contribution in [0, 0.1) is 0 Å². The number of hydrogen-bond donors (Lipinski definition) is 1. The van der Waals surface area contributed by atoms with Gasteiger partial charge in [-0.1, -0.05) is 30.1 Å². The SMILES string of the molecule is CN(C)/C(=N\O)c1ccccc1N1CCCCCC1. The van der Waals surface area contributed by atoms with Crippen molar-refractivity contribution in [3.8, 4) is 0 Å². The maximum Gasteiger partial charge on any atom is 0.176 e. The fourth-order valence-electron chi connectivity index (χ4n) is 2.63. The Labute approximate surface area is 115 Å². The van der Waals surface area contributed by atoms with E-state index < -0.39 is 0 Å². The van der Waals surface area contributed by atoms with Crippen molar-refractivity contribution in [1.82, 2.24) is 4.90 Å². The van der Waals surface area contributed by atoms with Crippen LogP contribution in [0.4, 0.5) is 5.69 Å². The molecule has 1 aliphatic rings. The van der Waals surface area contributed by atoms with Gasteiger partial charge in [0.25, 0.3) is 0 Å². The summed E-state index contributed by atoms with van der Waals surface area (Å²) in [5.74, 6) is 0.611. The van der Waals surface area contributed by atoms with Crippen molar-refractivity contribution in [3.05, 3.63) is 29.8 Å². The second-order valence-corrected chi connectivity index (χ2v) is 5.24. The molecule has 1 N–H and O–H groups in total. The van der Waals surface area contributed by atoms with Gasteiger partial charge in [0.05, 0.1) is 0 Å². The summed E-state index contributed by atoms with van der Waals surface area (Å²) >= 11 is 0. The van der Waals surface area contributed by atoms with Gasteiger partial charge >= 0.3 is 0 Å². The van der Waals surface area contributed by atoms with Gasteiger partial charge < -0.3 is 15.0 Å². The highest BCUT2D eigenvalue weighted by Gasteiger charge is 2.17. The molecule has 0 radical (unpaired) electrons. The zero-order chi connectivity index (χ0) is 13.7. The lowest BCUT2D eigenvalue weighted by Gasteiger charge is -2.27. The Hall–Kier alpha value is -1.71. The molecule has 1 aromatic rings. The summed E-state index contributed by atoms with van der Waals surface area (Å²) in [5.41, 5.74) is 2.17. The summed E-state index contributed by atoms with van der Waals surface area (Å²) in [6.07, 6.45) is 5.10. The van der Waals surface area contributed by atoms with Gasteiger partial charge in [-0.3, -0.25) is 0 Å². The number of oxime groups is 1. The van der Waals surface area contributed by atoms with Crippen LogP contribution in [0.3, 0.4) is 0 Å². The Balaban J connectivity index is 2.34. The lowest BCUT2D eigenvalue weighted by Crippen LogP contribution is -2.29. The predicted octanol–water partition coefficient (Wildman–Crippen LogP) is 2.76. The lowest BCUT2D eigenvalue weighted by molar-refractivity contribution is 0.310. The molecule has 0 atom stereocenters. The number of anilines is 1. The van der Waals surface area contributed by atoms with Gasteiger partial charge in [-0.05, 0) is 25.0 Å². The topological polar surface area (TPSA) is 39.1 Å². The monoisotopic (exact) mass is 261 g/mol. The van der Waals surface area contributed by atoms with Crippen molar-refractivity contribution in [3.63, 3.8) is 0 Å². The molecule has 4 heteroatoms. The lowest BCUT2D eigenvalue weighted by atomic mass is 10.1. The third kappa shape index (κ3) is 3.19. The summed E-state index contributed by atoms with van der Waals surface area (Å²) < 4.78 is 0. The number of hydrogen-bond acceptors (Lipinski definition) is 3. The van der Waals surface area contributed by atoms with Crippen LogP contribution in [-0.4, -0.2) is 43.1 Å². The summed E-state index contributed by atoms with van der Waals surface area (Å²) in [5, 5.41) is 12.7. The maximum atomic E-state index is 9.26. The van der Waals surface area contributed by atoms with Crippen LogP contribution < -0.4 is 4.90 Å². The Bertz CT molecular complexity index is 435. The van der Waals surface area contributed by atoms with Crippen LogP contribution in [-0.2, 0) is 0 Å². The maximum absolute atomic E-state index is 9.26. The number of amidine groups is 1. The van der Waals surface area contributed by atoms with E-state index in [9.17, 15) is 5.21 Å². The molecule has 0 bridgehead atoms. The second-order valence-electron chi connectivity index (χ2n) is 5.24. The molecule has 0 aromatic heterocycles. The van der Waals surface area contributed by atoms with Crippen molar-refractivity contribution in [1.29, 1.82) is 0 Å². The van der Waals surface area contributed by atoms with Gasteiger partial charge in [-0.25, -0.2) is 0 Å². The van der Waals surface area contributed by atoms with Crippen molar-refractivity contribution >= 4 is 11.5 Å². The van der Waals surface area contributed by atoms with E-state index in [1.54, 1.807) is 0 Å². The molecular weight excluding hydrogens is 238 g/mol. The fraction of sp³-hybridized carbons (Fsp3) is 0.533. The number of rotatable bonds is 2. The minimum Gasteiger partial charge on any atom is -0.409 e. The summed E-state index contributed by atoms with van der Waals surface area (Å²) in [6.45, 7) is 2.17. The third-order valence-corrected chi connectivity index (χ3v) is 3.61. The first-order chi connectivity index (χ1) is 9.24. The van der Waals surface area contributed by atoms with Crippen LogP contribution in [0.1, 0.15) is 31.2 Å². The largest absolute Gasteiger partial charge is 0.409 e. The molecule has 4 nitrogen and oxygen atoms in total.